The molecule has 1 amide bonds. The number of hydrogen-bond donors (Lipinski definition) is 4. The van der Waals surface area contributed by atoms with E-state index in [0.717, 1.165) is 54.5 Å². The molecule has 13 nitrogen and oxygen atoms in total. The van der Waals surface area contributed by atoms with Crippen LogP contribution in [0.3, 0.4) is 0 Å². The number of rotatable bonds is 4. The normalized spacial score (nSPS) is 16.2. The number of methoxy groups -OCH3 is 2. The van der Waals surface area contributed by atoms with Gasteiger partial charge < -0.3 is 53.6 Å². The number of amides is 1. The molecule has 13 heteroatoms. The van der Waals surface area contributed by atoms with Crippen LogP contribution < -0.4 is 24.3 Å². The van der Waals surface area contributed by atoms with Crippen LogP contribution in [-0.2, 0) is 11.2 Å². The second kappa shape index (κ2) is 16.2. The third-order valence-corrected chi connectivity index (χ3v) is 11.4. The van der Waals surface area contributed by atoms with Gasteiger partial charge in [0.1, 0.15) is 11.5 Å². The second-order valence-corrected chi connectivity index (χ2v) is 14.8. The first kappa shape index (κ1) is 39.0. The second-order valence-electron chi connectivity index (χ2n) is 14.8. The standard InChI is InChI=1S/C23H22N2O4.C15H16N2O.C8H8O4/c1-28-20-15-16(8-9-18(20)26)22(27)24-13-10-23(11-14-24)21-7-4-12-25(21)17-5-2-3-6-19(17)29-23;1-2-5-13-12(4-1)17-11-3-6-14(17)15(18-13)7-9-16-10-8-15;1-12-7-4-5(8(10)11)2-3-6(7)9/h2-9,12,15,26H,10-11,13-14H2,1H3;1-6,11,16H,7-10H2;2-4,9H,1H3,(H,10,11). The summed E-state index contributed by atoms with van der Waals surface area (Å²) in [5.41, 5.74) is 4.66. The molecule has 0 atom stereocenters. The van der Waals surface area contributed by atoms with E-state index < -0.39 is 11.6 Å². The first-order valence-electron chi connectivity index (χ1n) is 19.5. The number of carbonyl (C=O) groups is 2. The van der Waals surface area contributed by atoms with Crippen molar-refractivity contribution in [3.8, 4) is 45.9 Å². The van der Waals surface area contributed by atoms with E-state index >= 15 is 0 Å². The number of phenolic OH excluding ortho intramolecular Hbond substituents is 2. The summed E-state index contributed by atoms with van der Waals surface area (Å²) < 4.78 is 27.2. The van der Waals surface area contributed by atoms with Crippen LogP contribution in [0.15, 0.2) is 122 Å². The Bertz CT molecular complexity index is 2480. The van der Waals surface area contributed by atoms with E-state index in [2.05, 4.69) is 69.3 Å². The number of carboxylic acids is 1. The highest BCUT2D eigenvalue weighted by molar-refractivity contribution is 5.95. The van der Waals surface area contributed by atoms with Crippen molar-refractivity contribution in [3.05, 3.63) is 144 Å². The molecule has 0 saturated carbocycles. The molecule has 0 bridgehead atoms. The van der Waals surface area contributed by atoms with Gasteiger partial charge in [-0.2, -0.15) is 0 Å². The highest BCUT2D eigenvalue weighted by Crippen LogP contribution is 2.46. The predicted octanol–water partition coefficient (Wildman–Crippen LogP) is 7.26. The largest absolute Gasteiger partial charge is 0.504 e. The molecule has 4 aliphatic heterocycles. The zero-order valence-corrected chi connectivity index (χ0v) is 32.8. The van der Waals surface area contributed by atoms with Gasteiger partial charge in [0.15, 0.2) is 34.2 Å². The van der Waals surface area contributed by atoms with Crippen molar-refractivity contribution < 1.29 is 43.9 Å². The number of nitrogens with one attached hydrogen (secondary N) is 1. The Morgan fingerprint density at radius 1 is 0.627 bits per heavy atom. The van der Waals surface area contributed by atoms with Crippen LogP contribution in [0.2, 0.25) is 0 Å². The van der Waals surface area contributed by atoms with Gasteiger partial charge in [-0.1, -0.05) is 24.3 Å². The number of carboxylic acid groups (broad SMARTS) is 1. The van der Waals surface area contributed by atoms with Crippen molar-refractivity contribution in [1.82, 2.24) is 19.4 Å². The Hall–Kier alpha value is -6.86. The monoisotopic (exact) mass is 798 g/mol. The van der Waals surface area contributed by atoms with Gasteiger partial charge in [-0.3, -0.25) is 4.79 Å². The molecule has 2 saturated heterocycles. The van der Waals surface area contributed by atoms with Gasteiger partial charge in [0.25, 0.3) is 5.91 Å². The summed E-state index contributed by atoms with van der Waals surface area (Å²) in [6.45, 7) is 3.23. The zero-order chi connectivity index (χ0) is 41.1. The van der Waals surface area contributed by atoms with E-state index in [-0.39, 0.29) is 34.3 Å². The number of likely N-dealkylation sites (tertiary alicyclic amines) is 1. The fourth-order valence-corrected chi connectivity index (χ4v) is 8.36. The topological polar surface area (TPSA) is 157 Å². The molecule has 2 fully saturated rings. The van der Waals surface area contributed by atoms with Crippen LogP contribution in [0, 0.1) is 0 Å². The smallest absolute Gasteiger partial charge is 0.335 e. The number of nitrogens with zero attached hydrogens (tertiary/aromatic N) is 3. The Balaban J connectivity index is 0.000000137. The maximum atomic E-state index is 13.0. The number of aromatic carboxylic acids is 1. The Labute approximate surface area is 341 Å². The van der Waals surface area contributed by atoms with Gasteiger partial charge in [-0.25, -0.2) is 4.79 Å². The Morgan fingerprint density at radius 2 is 1.10 bits per heavy atom. The Kier molecular flexibility index (Phi) is 10.7. The lowest BCUT2D eigenvalue weighted by molar-refractivity contribution is -0.00932. The molecule has 4 aliphatic rings. The summed E-state index contributed by atoms with van der Waals surface area (Å²) >= 11 is 0. The number of aromatic hydroxyl groups is 2. The molecule has 0 aliphatic carbocycles. The number of phenols is 2. The van der Waals surface area contributed by atoms with Crippen molar-refractivity contribution in [3.63, 3.8) is 0 Å². The first-order valence-corrected chi connectivity index (χ1v) is 19.5. The summed E-state index contributed by atoms with van der Waals surface area (Å²) in [6.07, 6.45) is 7.70. The number of para-hydroxylation sites is 4. The first-order chi connectivity index (χ1) is 28.6. The lowest BCUT2D eigenvalue weighted by Crippen LogP contribution is -2.50. The lowest BCUT2D eigenvalue weighted by atomic mass is 9.86. The summed E-state index contributed by atoms with van der Waals surface area (Å²) in [7, 11) is 2.84. The minimum atomic E-state index is -1.05. The van der Waals surface area contributed by atoms with Crippen molar-refractivity contribution in [2.75, 3.05) is 40.4 Å². The van der Waals surface area contributed by atoms with Crippen LogP contribution in [0.5, 0.6) is 34.5 Å². The average molecular weight is 799 g/mol. The third-order valence-electron chi connectivity index (χ3n) is 11.4. The SMILES string of the molecule is COc1cc(C(=O)N2CCC3(CC2)Oc2ccccc2-n2cccc23)ccc1O.COc1cc(C(=O)O)ccc1O.c1ccc2c(c1)OC1(CCNCC1)c1cccn1-2. The number of aromatic nitrogens is 2. The molecule has 10 rings (SSSR count). The predicted molar refractivity (Wildman–Crippen MR) is 220 cm³/mol. The van der Waals surface area contributed by atoms with Crippen LogP contribution in [0.4, 0.5) is 0 Å². The molecule has 6 heterocycles. The molecule has 304 valence electrons. The van der Waals surface area contributed by atoms with E-state index in [1.54, 1.807) is 12.1 Å². The van der Waals surface area contributed by atoms with Crippen LogP contribution in [0.25, 0.3) is 11.4 Å². The molecule has 0 unspecified atom stereocenters. The van der Waals surface area contributed by atoms with Crippen LogP contribution in [-0.4, -0.2) is 81.6 Å². The molecular weight excluding hydrogens is 753 g/mol. The van der Waals surface area contributed by atoms with Crippen molar-refractivity contribution in [2.24, 2.45) is 0 Å². The average Bonchev–Trinajstić information content (AvgIpc) is 3.98. The van der Waals surface area contributed by atoms with E-state index in [4.69, 9.17) is 29.2 Å². The van der Waals surface area contributed by atoms with Gasteiger partial charge in [0.2, 0.25) is 0 Å². The van der Waals surface area contributed by atoms with Gasteiger partial charge in [0.05, 0.1) is 42.5 Å². The maximum absolute atomic E-state index is 13.0. The number of piperidine rings is 2. The fraction of sp³-hybridized carbons (Fsp3) is 0.261. The van der Waals surface area contributed by atoms with Crippen LogP contribution in [0.1, 0.15) is 57.8 Å². The summed E-state index contributed by atoms with van der Waals surface area (Å²) in [5.74, 6) is 1.18. The molecule has 0 radical (unpaired) electrons. The van der Waals surface area contributed by atoms with E-state index in [1.807, 2.05) is 35.2 Å². The van der Waals surface area contributed by atoms with Gasteiger partial charge >= 0.3 is 5.97 Å². The van der Waals surface area contributed by atoms with Gasteiger partial charge in [-0.15, -0.1) is 0 Å². The van der Waals surface area contributed by atoms with Gasteiger partial charge in [0, 0.05) is 56.7 Å². The highest BCUT2D eigenvalue weighted by atomic mass is 16.5. The van der Waals surface area contributed by atoms with Crippen molar-refractivity contribution in [2.45, 2.75) is 36.9 Å². The molecule has 4 N–H and O–H groups in total. The highest BCUT2D eigenvalue weighted by Gasteiger charge is 2.45. The number of benzene rings is 4. The van der Waals surface area contributed by atoms with Crippen molar-refractivity contribution >= 4 is 11.9 Å². The number of hydrogen-bond acceptors (Lipinski definition) is 9. The maximum Gasteiger partial charge on any atom is 0.335 e. The molecule has 2 aromatic heterocycles. The number of ether oxygens (including phenoxy) is 4. The van der Waals surface area contributed by atoms with Crippen molar-refractivity contribution in [1.29, 1.82) is 0 Å². The van der Waals surface area contributed by atoms with Gasteiger partial charge in [-0.05, 0) is 98.0 Å². The lowest BCUT2D eigenvalue weighted by Gasteiger charge is -2.45. The molecule has 6 aromatic rings. The minimum Gasteiger partial charge on any atom is -0.504 e. The number of carbonyl (C=O) groups excluding carboxylic acids is 1. The van der Waals surface area contributed by atoms with Crippen LogP contribution >= 0.6 is 0 Å². The zero-order valence-electron chi connectivity index (χ0n) is 32.8. The number of fused-ring (bicyclic) bond motifs is 8. The Morgan fingerprint density at radius 3 is 1.61 bits per heavy atom. The van der Waals surface area contributed by atoms with E-state index in [0.29, 0.717) is 37.2 Å². The minimum absolute atomic E-state index is 0.0247. The fourth-order valence-electron chi connectivity index (χ4n) is 8.36. The molecule has 59 heavy (non-hydrogen) atoms. The van der Waals surface area contributed by atoms with E-state index in [9.17, 15) is 14.7 Å². The third kappa shape index (κ3) is 7.40. The molecule has 4 aromatic carbocycles. The quantitative estimate of drug-likeness (QED) is 0.143. The molecule has 2 spiro atoms. The summed E-state index contributed by atoms with van der Waals surface area (Å²) in [6, 6.07) is 33.4. The van der Waals surface area contributed by atoms with E-state index in [1.165, 1.54) is 44.2 Å². The summed E-state index contributed by atoms with van der Waals surface area (Å²) in [5, 5.41) is 30.8. The summed E-state index contributed by atoms with van der Waals surface area (Å²) in [4.78, 5) is 25.3. The molecular formula is C46H46N4O9.